The second-order valence-electron chi connectivity index (χ2n) is 5.23. The lowest BCUT2D eigenvalue weighted by atomic mass is 9.92. The molecule has 102 valence electrons. The first-order valence-corrected chi connectivity index (χ1v) is 6.92. The summed E-state index contributed by atoms with van der Waals surface area (Å²) in [5.41, 5.74) is 2.09. The molecule has 5 heteroatoms. The quantitative estimate of drug-likeness (QED) is 0.857. The van der Waals surface area contributed by atoms with E-state index in [1.807, 2.05) is 12.1 Å². The van der Waals surface area contributed by atoms with Crippen molar-refractivity contribution in [1.29, 1.82) is 0 Å². The van der Waals surface area contributed by atoms with Crippen LogP contribution in [0.3, 0.4) is 0 Å². The summed E-state index contributed by atoms with van der Waals surface area (Å²) in [5, 5.41) is 0. The molecule has 0 bridgehead atoms. The molecule has 0 radical (unpaired) electrons. The van der Waals surface area contributed by atoms with Gasteiger partial charge in [0.15, 0.2) is 4.77 Å². The van der Waals surface area contributed by atoms with Crippen molar-refractivity contribution in [3.8, 4) is 5.75 Å². The summed E-state index contributed by atoms with van der Waals surface area (Å²) in [4.78, 5) is 3.28. The maximum absolute atomic E-state index is 5.52. The van der Waals surface area contributed by atoms with Gasteiger partial charge in [0.1, 0.15) is 11.3 Å². The Hall–Kier alpha value is -1.33. The lowest BCUT2D eigenvalue weighted by Crippen LogP contribution is -2.36. The van der Waals surface area contributed by atoms with Gasteiger partial charge < -0.3 is 19.0 Å². The maximum Gasteiger partial charge on any atom is 0.178 e. The third kappa shape index (κ3) is 1.97. The monoisotopic (exact) mass is 278 g/mol. The Morgan fingerprint density at radius 1 is 1.37 bits per heavy atom. The van der Waals surface area contributed by atoms with Crippen LogP contribution in [0.4, 0.5) is 0 Å². The molecular formula is C14H18N2O2S. The van der Waals surface area contributed by atoms with Gasteiger partial charge in [0.05, 0.1) is 12.6 Å². The SMILES string of the molecule is COc1cccc2c1[nH]c(=S)n2C1(C)CCOCC1. The first kappa shape index (κ1) is 12.7. The van der Waals surface area contributed by atoms with Crippen LogP contribution in [0.1, 0.15) is 19.8 Å². The van der Waals surface area contributed by atoms with E-state index >= 15 is 0 Å². The first-order valence-electron chi connectivity index (χ1n) is 6.52. The molecule has 2 heterocycles. The number of nitrogens with zero attached hydrogens (tertiary/aromatic N) is 1. The number of para-hydroxylation sites is 1. The summed E-state index contributed by atoms with van der Waals surface area (Å²) in [6.07, 6.45) is 1.96. The Morgan fingerprint density at radius 2 is 2.11 bits per heavy atom. The number of hydrogen-bond donors (Lipinski definition) is 1. The van der Waals surface area contributed by atoms with Crippen LogP contribution >= 0.6 is 12.2 Å². The molecule has 19 heavy (non-hydrogen) atoms. The molecule has 1 saturated heterocycles. The van der Waals surface area contributed by atoms with E-state index in [4.69, 9.17) is 21.7 Å². The molecule has 1 fully saturated rings. The van der Waals surface area contributed by atoms with E-state index in [1.54, 1.807) is 7.11 Å². The molecule has 1 N–H and O–H groups in total. The predicted molar refractivity (Wildman–Crippen MR) is 77.4 cm³/mol. The zero-order valence-corrected chi connectivity index (χ0v) is 12.0. The fourth-order valence-electron chi connectivity index (χ4n) is 2.84. The van der Waals surface area contributed by atoms with Crippen molar-refractivity contribution in [3.05, 3.63) is 23.0 Å². The molecule has 1 aromatic heterocycles. The summed E-state index contributed by atoms with van der Waals surface area (Å²) in [5.74, 6) is 0.831. The molecule has 1 aliphatic heterocycles. The van der Waals surface area contributed by atoms with Gasteiger partial charge in [-0.25, -0.2) is 0 Å². The fraction of sp³-hybridized carbons (Fsp3) is 0.500. The van der Waals surface area contributed by atoms with Crippen molar-refractivity contribution >= 4 is 23.3 Å². The van der Waals surface area contributed by atoms with Gasteiger partial charge in [0.25, 0.3) is 0 Å². The molecule has 1 aliphatic rings. The largest absolute Gasteiger partial charge is 0.494 e. The summed E-state index contributed by atoms with van der Waals surface area (Å²) in [6.45, 7) is 3.82. The molecule has 4 nitrogen and oxygen atoms in total. The lowest BCUT2D eigenvalue weighted by molar-refractivity contribution is 0.0306. The normalized spacial score (nSPS) is 18.6. The van der Waals surface area contributed by atoms with Gasteiger partial charge in [-0.05, 0) is 44.1 Å². The number of rotatable bonds is 2. The van der Waals surface area contributed by atoms with Crippen molar-refractivity contribution in [2.75, 3.05) is 20.3 Å². The standard InChI is InChI=1S/C14H18N2O2S/c1-14(6-8-18-9-7-14)16-10-4-3-5-11(17-2)12(10)15-13(16)19/h3-5H,6-9H2,1-2H3,(H,15,19). The minimum atomic E-state index is 0.0138. The molecule has 0 spiro atoms. The van der Waals surface area contributed by atoms with Crippen molar-refractivity contribution in [2.24, 2.45) is 0 Å². The highest BCUT2D eigenvalue weighted by atomic mass is 32.1. The maximum atomic E-state index is 5.52. The Balaban J connectivity index is 2.23. The van der Waals surface area contributed by atoms with Crippen molar-refractivity contribution in [2.45, 2.75) is 25.3 Å². The molecule has 1 aromatic carbocycles. The van der Waals surface area contributed by atoms with Crippen LogP contribution in [0.25, 0.3) is 11.0 Å². The van der Waals surface area contributed by atoms with Gasteiger partial charge in [0, 0.05) is 18.8 Å². The van der Waals surface area contributed by atoms with Crippen LogP contribution in [0.5, 0.6) is 5.75 Å². The molecule has 0 aliphatic carbocycles. The van der Waals surface area contributed by atoms with E-state index in [0.29, 0.717) is 0 Å². The van der Waals surface area contributed by atoms with E-state index in [0.717, 1.165) is 47.6 Å². The van der Waals surface area contributed by atoms with E-state index < -0.39 is 0 Å². The van der Waals surface area contributed by atoms with Crippen LogP contribution in [0.15, 0.2) is 18.2 Å². The predicted octanol–water partition coefficient (Wildman–Crippen LogP) is 3.23. The Labute approximate surface area is 117 Å². The van der Waals surface area contributed by atoms with Crippen LogP contribution in [0.2, 0.25) is 0 Å². The number of nitrogens with one attached hydrogen (secondary N) is 1. The number of ether oxygens (including phenoxy) is 2. The third-order valence-corrected chi connectivity index (χ3v) is 4.29. The van der Waals surface area contributed by atoms with Gasteiger partial charge >= 0.3 is 0 Å². The van der Waals surface area contributed by atoms with Gasteiger partial charge in [-0.1, -0.05) is 6.07 Å². The molecular weight excluding hydrogens is 260 g/mol. The van der Waals surface area contributed by atoms with Gasteiger partial charge in [-0.2, -0.15) is 0 Å². The summed E-state index contributed by atoms with van der Waals surface area (Å²) in [6, 6.07) is 6.04. The van der Waals surface area contributed by atoms with E-state index in [1.165, 1.54) is 0 Å². The molecule has 3 rings (SSSR count). The zero-order chi connectivity index (χ0) is 13.5. The van der Waals surface area contributed by atoms with E-state index in [-0.39, 0.29) is 5.54 Å². The first-order chi connectivity index (χ1) is 9.15. The van der Waals surface area contributed by atoms with Crippen molar-refractivity contribution in [3.63, 3.8) is 0 Å². The van der Waals surface area contributed by atoms with Crippen LogP contribution in [0, 0.1) is 4.77 Å². The summed E-state index contributed by atoms with van der Waals surface area (Å²) in [7, 11) is 1.68. The third-order valence-electron chi connectivity index (χ3n) is 4.01. The number of aromatic amines is 1. The highest BCUT2D eigenvalue weighted by Gasteiger charge is 2.31. The highest BCUT2D eigenvalue weighted by Crippen LogP contribution is 2.34. The molecule has 0 unspecified atom stereocenters. The number of H-pyrrole nitrogens is 1. The van der Waals surface area contributed by atoms with Gasteiger partial charge in [0.2, 0.25) is 0 Å². The summed E-state index contributed by atoms with van der Waals surface area (Å²) < 4.78 is 13.9. The second kappa shape index (κ2) is 4.65. The molecule has 0 amide bonds. The Bertz CT molecular complexity index is 653. The smallest absolute Gasteiger partial charge is 0.178 e. The Kier molecular flexibility index (Phi) is 3.11. The van der Waals surface area contributed by atoms with Gasteiger partial charge in [-0.15, -0.1) is 0 Å². The van der Waals surface area contributed by atoms with Gasteiger partial charge in [-0.3, -0.25) is 0 Å². The van der Waals surface area contributed by atoms with E-state index in [9.17, 15) is 0 Å². The molecule has 2 aromatic rings. The fourth-order valence-corrected chi connectivity index (χ4v) is 3.27. The number of hydrogen-bond acceptors (Lipinski definition) is 3. The minimum absolute atomic E-state index is 0.0138. The van der Waals surface area contributed by atoms with Crippen molar-refractivity contribution < 1.29 is 9.47 Å². The summed E-state index contributed by atoms with van der Waals surface area (Å²) >= 11 is 5.52. The van der Waals surface area contributed by atoms with E-state index in [2.05, 4.69) is 22.5 Å². The number of fused-ring (bicyclic) bond motifs is 1. The average Bonchev–Trinajstić information content (AvgIpc) is 2.76. The van der Waals surface area contributed by atoms with Crippen LogP contribution in [-0.2, 0) is 10.3 Å². The number of methoxy groups -OCH3 is 1. The number of benzene rings is 1. The number of aromatic nitrogens is 2. The average molecular weight is 278 g/mol. The van der Waals surface area contributed by atoms with Crippen molar-refractivity contribution in [1.82, 2.24) is 9.55 Å². The lowest BCUT2D eigenvalue weighted by Gasteiger charge is -2.35. The topological polar surface area (TPSA) is 39.2 Å². The molecule has 0 saturated carbocycles. The Morgan fingerprint density at radius 3 is 2.79 bits per heavy atom. The van der Waals surface area contributed by atoms with Crippen LogP contribution in [-0.4, -0.2) is 29.9 Å². The minimum Gasteiger partial charge on any atom is -0.494 e. The molecule has 0 atom stereocenters. The zero-order valence-electron chi connectivity index (χ0n) is 11.2. The highest BCUT2D eigenvalue weighted by molar-refractivity contribution is 7.71. The van der Waals surface area contributed by atoms with Crippen LogP contribution < -0.4 is 4.74 Å². The second-order valence-corrected chi connectivity index (χ2v) is 5.62. The number of imidazole rings is 1.